The molecule has 1 aromatic rings. The van der Waals surface area contributed by atoms with Gasteiger partial charge in [0.1, 0.15) is 5.82 Å². The summed E-state index contributed by atoms with van der Waals surface area (Å²) in [5, 5.41) is 3.30. The van der Waals surface area contributed by atoms with Crippen molar-refractivity contribution in [1.82, 2.24) is 5.32 Å². The molecule has 1 saturated heterocycles. The van der Waals surface area contributed by atoms with Crippen LogP contribution in [0.4, 0.5) is 4.39 Å². The quantitative estimate of drug-likeness (QED) is 0.925. The van der Waals surface area contributed by atoms with Crippen LogP contribution in [0.25, 0.3) is 0 Å². The minimum atomic E-state index is -0.199. The van der Waals surface area contributed by atoms with Crippen LogP contribution in [0.15, 0.2) is 22.7 Å². The molecule has 0 aliphatic carbocycles. The van der Waals surface area contributed by atoms with E-state index in [4.69, 9.17) is 4.74 Å². The van der Waals surface area contributed by atoms with Gasteiger partial charge in [0.2, 0.25) is 0 Å². The first kappa shape index (κ1) is 13.0. The minimum absolute atomic E-state index is 0.199. The molecule has 0 amide bonds. The van der Waals surface area contributed by atoms with Gasteiger partial charge < -0.3 is 10.1 Å². The third kappa shape index (κ3) is 3.06. The molecule has 1 aromatic carbocycles. The van der Waals surface area contributed by atoms with Crippen LogP contribution >= 0.6 is 15.9 Å². The normalized spacial score (nSPS) is 19.2. The molecule has 0 spiro atoms. The van der Waals surface area contributed by atoms with E-state index in [0.29, 0.717) is 10.4 Å². The number of hydrogen-bond acceptors (Lipinski definition) is 2. The van der Waals surface area contributed by atoms with E-state index in [0.717, 1.165) is 31.6 Å². The van der Waals surface area contributed by atoms with Crippen LogP contribution in [-0.4, -0.2) is 20.3 Å². The Morgan fingerprint density at radius 3 is 2.71 bits per heavy atom. The van der Waals surface area contributed by atoms with E-state index < -0.39 is 0 Å². The number of hydrogen-bond donors (Lipinski definition) is 1. The Morgan fingerprint density at radius 2 is 2.12 bits per heavy atom. The van der Waals surface area contributed by atoms with Crippen LogP contribution in [0.5, 0.6) is 0 Å². The van der Waals surface area contributed by atoms with Gasteiger partial charge in [0.25, 0.3) is 0 Å². The van der Waals surface area contributed by atoms with Crippen LogP contribution in [0.2, 0.25) is 0 Å². The van der Waals surface area contributed by atoms with Crippen molar-refractivity contribution in [2.45, 2.75) is 18.9 Å². The van der Waals surface area contributed by atoms with Crippen molar-refractivity contribution in [2.75, 3.05) is 20.3 Å². The molecule has 1 atom stereocenters. The lowest BCUT2D eigenvalue weighted by atomic mass is 9.87. The van der Waals surface area contributed by atoms with Gasteiger partial charge >= 0.3 is 0 Å². The standard InChI is InChI=1S/C13H17BrFNO/c1-16-13(9-4-6-17-7-5-9)10-2-3-11(14)12(15)8-10/h2-3,8-9,13,16H,4-7H2,1H3. The number of nitrogens with one attached hydrogen (secondary N) is 1. The fourth-order valence-electron chi connectivity index (χ4n) is 2.43. The lowest BCUT2D eigenvalue weighted by molar-refractivity contribution is 0.0546. The highest BCUT2D eigenvalue weighted by atomic mass is 79.9. The van der Waals surface area contributed by atoms with Gasteiger partial charge in [-0.1, -0.05) is 6.07 Å². The minimum Gasteiger partial charge on any atom is -0.381 e. The average molecular weight is 302 g/mol. The zero-order chi connectivity index (χ0) is 12.3. The lowest BCUT2D eigenvalue weighted by Crippen LogP contribution is -2.30. The number of rotatable bonds is 3. The number of halogens is 2. The second-order valence-electron chi connectivity index (χ2n) is 4.39. The third-order valence-corrected chi connectivity index (χ3v) is 3.99. The first-order valence-corrected chi connectivity index (χ1v) is 6.71. The molecule has 1 unspecified atom stereocenters. The summed E-state index contributed by atoms with van der Waals surface area (Å²) in [6, 6.07) is 5.57. The zero-order valence-electron chi connectivity index (χ0n) is 9.88. The van der Waals surface area contributed by atoms with Crippen LogP contribution in [0, 0.1) is 11.7 Å². The molecule has 17 heavy (non-hydrogen) atoms. The molecule has 1 heterocycles. The molecule has 1 aliphatic rings. The summed E-state index contributed by atoms with van der Waals surface area (Å²) in [5.41, 5.74) is 1.01. The Balaban J connectivity index is 2.18. The first-order valence-electron chi connectivity index (χ1n) is 5.92. The molecular weight excluding hydrogens is 285 g/mol. The predicted molar refractivity (Wildman–Crippen MR) is 69.4 cm³/mol. The molecule has 94 valence electrons. The van der Waals surface area contributed by atoms with Crippen LogP contribution < -0.4 is 5.32 Å². The van der Waals surface area contributed by atoms with Gasteiger partial charge in [0.05, 0.1) is 4.47 Å². The van der Waals surface area contributed by atoms with E-state index in [2.05, 4.69) is 21.2 Å². The molecule has 1 N–H and O–H groups in total. The van der Waals surface area contributed by atoms with Gasteiger partial charge in [-0.15, -0.1) is 0 Å². The molecule has 0 aromatic heterocycles. The Morgan fingerprint density at radius 1 is 1.41 bits per heavy atom. The van der Waals surface area contributed by atoms with E-state index >= 15 is 0 Å². The third-order valence-electron chi connectivity index (χ3n) is 3.35. The second kappa shape index (κ2) is 5.94. The second-order valence-corrected chi connectivity index (χ2v) is 5.24. The Labute approximate surface area is 110 Å². The molecule has 0 saturated carbocycles. The molecule has 1 aliphatic heterocycles. The summed E-state index contributed by atoms with van der Waals surface area (Å²) in [5.74, 6) is 0.323. The highest BCUT2D eigenvalue weighted by Crippen LogP contribution is 2.31. The molecule has 2 nitrogen and oxygen atoms in total. The van der Waals surface area contributed by atoms with Crippen LogP contribution in [0.1, 0.15) is 24.4 Å². The molecule has 4 heteroatoms. The zero-order valence-corrected chi connectivity index (χ0v) is 11.5. The smallest absolute Gasteiger partial charge is 0.137 e. The number of ether oxygens (including phenoxy) is 1. The summed E-state index contributed by atoms with van der Waals surface area (Å²) < 4.78 is 19.4. The van der Waals surface area contributed by atoms with E-state index in [1.807, 2.05) is 13.1 Å². The summed E-state index contributed by atoms with van der Waals surface area (Å²) in [6.45, 7) is 1.61. The van der Waals surface area contributed by atoms with Crippen molar-refractivity contribution in [1.29, 1.82) is 0 Å². The van der Waals surface area contributed by atoms with E-state index in [1.54, 1.807) is 12.1 Å². The highest BCUT2D eigenvalue weighted by Gasteiger charge is 2.24. The fraction of sp³-hybridized carbons (Fsp3) is 0.538. The molecule has 0 radical (unpaired) electrons. The van der Waals surface area contributed by atoms with Gasteiger partial charge in [-0.25, -0.2) is 4.39 Å². The molecule has 0 bridgehead atoms. The van der Waals surface area contributed by atoms with E-state index in [1.165, 1.54) is 0 Å². The summed E-state index contributed by atoms with van der Waals surface area (Å²) in [6.07, 6.45) is 2.06. The van der Waals surface area contributed by atoms with Crippen molar-refractivity contribution >= 4 is 15.9 Å². The SMILES string of the molecule is CNC(c1ccc(Br)c(F)c1)C1CCOCC1. The molecule has 2 rings (SSSR count). The summed E-state index contributed by atoms with van der Waals surface area (Å²) >= 11 is 3.18. The Bertz CT molecular complexity index is 380. The maximum atomic E-state index is 13.5. The van der Waals surface area contributed by atoms with Crippen molar-refractivity contribution in [2.24, 2.45) is 5.92 Å². The van der Waals surface area contributed by atoms with E-state index in [-0.39, 0.29) is 11.9 Å². The highest BCUT2D eigenvalue weighted by molar-refractivity contribution is 9.10. The first-order chi connectivity index (χ1) is 8.22. The van der Waals surface area contributed by atoms with Crippen molar-refractivity contribution < 1.29 is 9.13 Å². The Hall–Kier alpha value is -0.450. The van der Waals surface area contributed by atoms with Crippen LogP contribution in [0.3, 0.4) is 0 Å². The maximum absolute atomic E-state index is 13.5. The van der Waals surface area contributed by atoms with Gasteiger partial charge in [0, 0.05) is 19.3 Å². The van der Waals surface area contributed by atoms with Gasteiger partial charge in [-0.3, -0.25) is 0 Å². The number of benzene rings is 1. The fourth-order valence-corrected chi connectivity index (χ4v) is 2.68. The van der Waals surface area contributed by atoms with Crippen LogP contribution in [-0.2, 0) is 4.74 Å². The van der Waals surface area contributed by atoms with Crippen molar-refractivity contribution in [3.8, 4) is 0 Å². The summed E-state index contributed by atoms with van der Waals surface area (Å²) in [7, 11) is 1.93. The van der Waals surface area contributed by atoms with Gasteiger partial charge in [-0.05, 0) is 59.4 Å². The van der Waals surface area contributed by atoms with Gasteiger partial charge in [-0.2, -0.15) is 0 Å². The summed E-state index contributed by atoms with van der Waals surface area (Å²) in [4.78, 5) is 0. The van der Waals surface area contributed by atoms with Crippen molar-refractivity contribution in [3.63, 3.8) is 0 Å². The average Bonchev–Trinajstić information content (AvgIpc) is 2.36. The monoisotopic (exact) mass is 301 g/mol. The Kier molecular flexibility index (Phi) is 4.54. The van der Waals surface area contributed by atoms with E-state index in [9.17, 15) is 4.39 Å². The van der Waals surface area contributed by atoms with Crippen molar-refractivity contribution in [3.05, 3.63) is 34.1 Å². The topological polar surface area (TPSA) is 21.3 Å². The molecule has 1 fully saturated rings. The lowest BCUT2D eigenvalue weighted by Gasteiger charge is -2.30. The van der Waals surface area contributed by atoms with Gasteiger partial charge in [0.15, 0.2) is 0 Å². The predicted octanol–water partition coefficient (Wildman–Crippen LogP) is 3.28. The largest absolute Gasteiger partial charge is 0.381 e. The maximum Gasteiger partial charge on any atom is 0.137 e. The molecular formula is C13H17BrFNO.